The molecule has 0 fully saturated rings. The van der Waals surface area contributed by atoms with Crippen LogP contribution in [0, 0.1) is 6.92 Å². The average Bonchev–Trinajstić information content (AvgIpc) is 3.50. The van der Waals surface area contributed by atoms with Gasteiger partial charge in [-0.05, 0) is 60.7 Å². The number of methoxy groups -OCH3 is 2. The topological polar surface area (TPSA) is 97.0 Å². The first kappa shape index (κ1) is 26.5. The maximum Gasteiger partial charge on any atom is 0.278 e. The zero-order chi connectivity index (χ0) is 26.4. The zero-order valence-electron chi connectivity index (χ0n) is 20.7. The fourth-order valence-electron chi connectivity index (χ4n) is 3.74. The van der Waals surface area contributed by atoms with E-state index in [9.17, 15) is 14.4 Å². The van der Waals surface area contributed by atoms with E-state index in [2.05, 4.69) is 10.6 Å². The Morgan fingerprint density at radius 2 is 1.89 bits per heavy atom. The number of anilines is 2. The summed E-state index contributed by atoms with van der Waals surface area (Å²) in [4.78, 5) is 42.1. The van der Waals surface area contributed by atoms with Crippen LogP contribution in [0.4, 0.5) is 11.4 Å². The molecule has 1 aliphatic rings. The predicted molar refractivity (Wildman–Crippen MR) is 146 cm³/mol. The van der Waals surface area contributed by atoms with Crippen molar-refractivity contribution in [2.75, 3.05) is 38.0 Å². The van der Waals surface area contributed by atoms with Gasteiger partial charge < -0.3 is 20.1 Å². The third-order valence-corrected chi connectivity index (χ3v) is 7.47. The molecule has 0 spiro atoms. The molecule has 0 unspecified atom stereocenters. The van der Waals surface area contributed by atoms with Crippen molar-refractivity contribution in [2.45, 2.75) is 18.2 Å². The van der Waals surface area contributed by atoms with Gasteiger partial charge in [-0.15, -0.1) is 11.3 Å². The van der Waals surface area contributed by atoms with Gasteiger partial charge in [0.05, 0.1) is 17.7 Å². The van der Waals surface area contributed by atoms with Gasteiger partial charge in [0.1, 0.15) is 16.4 Å². The first-order valence-corrected chi connectivity index (χ1v) is 13.2. The molecular weight excluding hydrogens is 510 g/mol. The molecule has 8 nitrogen and oxygen atoms in total. The van der Waals surface area contributed by atoms with Crippen molar-refractivity contribution >= 4 is 52.2 Å². The van der Waals surface area contributed by atoms with Crippen molar-refractivity contribution in [2.24, 2.45) is 0 Å². The number of aryl methyl sites for hydroxylation is 1. The van der Waals surface area contributed by atoms with Crippen LogP contribution in [0.2, 0.25) is 0 Å². The second-order valence-electron chi connectivity index (χ2n) is 8.20. The summed E-state index contributed by atoms with van der Waals surface area (Å²) in [6.45, 7) is 2.60. The number of carbonyl (C=O) groups is 3. The highest BCUT2D eigenvalue weighted by Gasteiger charge is 2.39. The molecule has 0 atom stereocenters. The Bertz CT molecular complexity index is 1340. The molecule has 10 heteroatoms. The van der Waals surface area contributed by atoms with Crippen molar-refractivity contribution in [3.8, 4) is 5.75 Å². The van der Waals surface area contributed by atoms with E-state index in [0.717, 1.165) is 5.56 Å². The summed E-state index contributed by atoms with van der Waals surface area (Å²) >= 11 is 2.53. The Morgan fingerprint density at radius 3 is 2.62 bits per heavy atom. The fourth-order valence-corrected chi connectivity index (χ4v) is 5.36. The predicted octanol–water partition coefficient (Wildman–Crippen LogP) is 5.14. The monoisotopic (exact) mass is 537 g/mol. The van der Waals surface area contributed by atoms with E-state index in [1.54, 1.807) is 38.5 Å². The lowest BCUT2D eigenvalue weighted by molar-refractivity contribution is -0.137. The maximum absolute atomic E-state index is 13.4. The lowest BCUT2D eigenvalue weighted by Gasteiger charge is -2.15. The minimum absolute atomic E-state index is 0.185. The van der Waals surface area contributed by atoms with Gasteiger partial charge in [-0.25, -0.2) is 0 Å². The van der Waals surface area contributed by atoms with E-state index in [0.29, 0.717) is 39.9 Å². The summed E-state index contributed by atoms with van der Waals surface area (Å²) in [7, 11) is 3.13. The number of hydrogen-bond donors (Lipinski definition) is 2. The largest absolute Gasteiger partial charge is 0.495 e. The van der Waals surface area contributed by atoms with Gasteiger partial charge in [0, 0.05) is 30.8 Å². The molecular formula is C27H27N3O5S2. The van der Waals surface area contributed by atoms with Crippen LogP contribution in [0.15, 0.2) is 75.5 Å². The number of nitrogens with one attached hydrogen (secondary N) is 2. The van der Waals surface area contributed by atoms with Crippen molar-refractivity contribution in [3.63, 3.8) is 0 Å². The van der Waals surface area contributed by atoms with Gasteiger partial charge in [0.25, 0.3) is 17.7 Å². The quantitative estimate of drug-likeness (QED) is 0.258. The highest BCUT2D eigenvalue weighted by atomic mass is 32.2. The Balaban J connectivity index is 1.63. The number of benzene rings is 2. The average molecular weight is 538 g/mol. The van der Waals surface area contributed by atoms with Crippen LogP contribution in [-0.4, -0.2) is 50.0 Å². The Labute approximate surface area is 223 Å². The Morgan fingerprint density at radius 1 is 1.05 bits per heavy atom. The van der Waals surface area contributed by atoms with Gasteiger partial charge in [-0.3, -0.25) is 19.3 Å². The summed E-state index contributed by atoms with van der Waals surface area (Å²) in [6, 6.07) is 16.3. The first-order chi connectivity index (χ1) is 17.9. The molecule has 2 aromatic carbocycles. The van der Waals surface area contributed by atoms with E-state index >= 15 is 0 Å². The number of hydrogen-bond acceptors (Lipinski definition) is 8. The minimum atomic E-state index is -0.408. The van der Waals surface area contributed by atoms with E-state index in [-0.39, 0.29) is 29.0 Å². The lowest BCUT2D eigenvalue weighted by Crippen LogP contribution is -2.33. The molecule has 2 N–H and O–H groups in total. The van der Waals surface area contributed by atoms with E-state index in [4.69, 9.17) is 9.47 Å². The molecule has 3 amide bonds. The molecule has 1 aromatic heterocycles. The summed E-state index contributed by atoms with van der Waals surface area (Å²) < 4.78 is 10.6. The van der Waals surface area contributed by atoms with E-state index in [1.165, 1.54) is 28.0 Å². The van der Waals surface area contributed by atoms with Crippen molar-refractivity contribution in [3.05, 3.63) is 81.0 Å². The molecule has 37 heavy (non-hydrogen) atoms. The molecule has 0 saturated heterocycles. The summed E-state index contributed by atoms with van der Waals surface area (Å²) in [5.41, 5.74) is 2.34. The number of ether oxygens (including phenoxy) is 2. The molecule has 2 heterocycles. The van der Waals surface area contributed by atoms with Gasteiger partial charge in [-0.1, -0.05) is 30.0 Å². The molecule has 0 radical (unpaired) electrons. The molecule has 1 aliphatic heterocycles. The normalized spacial score (nSPS) is 13.3. The lowest BCUT2D eigenvalue weighted by atomic mass is 10.2. The zero-order valence-corrected chi connectivity index (χ0v) is 22.3. The van der Waals surface area contributed by atoms with E-state index in [1.807, 2.05) is 42.6 Å². The van der Waals surface area contributed by atoms with Crippen molar-refractivity contribution in [1.29, 1.82) is 0 Å². The van der Waals surface area contributed by atoms with Gasteiger partial charge in [0.15, 0.2) is 0 Å². The minimum Gasteiger partial charge on any atom is -0.495 e. The number of nitrogens with zero attached hydrogens (tertiary/aromatic N) is 1. The van der Waals surface area contributed by atoms with Crippen LogP contribution >= 0.6 is 23.1 Å². The smallest absolute Gasteiger partial charge is 0.278 e. The molecule has 4 rings (SSSR count). The Kier molecular flexibility index (Phi) is 8.65. The summed E-state index contributed by atoms with van der Waals surface area (Å²) in [5.74, 6) is -0.442. The van der Waals surface area contributed by atoms with Crippen LogP contribution in [0.3, 0.4) is 0 Å². The van der Waals surface area contributed by atoms with Gasteiger partial charge in [-0.2, -0.15) is 0 Å². The Hall–Kier alpha value is -3.60. The van der Waals surface area contributed by atoms with Crippen LogP contribution in [0.25, 0.3) is 0 Å². The van der Waals surface area contributed by atoms with Crippen LogP contribution < -0.4 is 15.4 Å². The molecule has 3 aromatic rings. The summed E-state index contributed by atoms with van der Waals surface area (Å²) in [6.07, 6.45) is 0.525. The molecule has 192 valence electrons. The number of rotatable bonds is 11. The van der Waals surface area contributed by atoms with Crippen LogP contribution in [0.5, 0.6) is 5.75 Å². The highest BCUT2D eigenvalue weighted by molar-refractivity contribution is 8.04. The number of carbonyl (C=O) groups excluding carboxylic acids is 3. The van der Waals surface area contributed by atoms with Crippen LogP contribution in [-0.2, 0) is 14.3 Å². The summed E-state index contributed by atoms with van der Waals surface area (Å²) in [5, 5.41) is 7.88. The highest BCUT2D eigenvalue weighted by Crippen LogP contribution is 2.38. The number of amides is 3. The fraction of sp³-hybridized carbons (Fsp3) is 0.222. The molecule has 0 aliphatic carbocycles. The third kappa shape index (κ3) is 6.22. The molecule has 0 bridgehead atoms. The standard InChI is InChI=1S/C27H27N3O5S2/c1-17-10-11-21(35-3)20(15-17)29-23-24(27(33)30(26(23)32)12-6-13-34-2)37-19-8-4-7-18(16-19)28-25(31)22-9-5-14-36-22/h4-5,7-11,14-16,29H,6,12-13H2,1-3H3,(H,28,31). The SMILES string of the molecule is COCCCN1C(=O)C(Nc2cc(C)ccc2OC)=C(Sc2cccc(NC(=O)c3cccs3)c2)C1=O. The molecule has 0 saturated carbocycles. The second kappa shape index (κ2) is 12.1. The number of thioether (sulfide) groups is 1. The van der Waals surface area contributed by atoms with Crippen molar-refractivity contribution < 1.29 is 23.9 Å². The van der Waals surface area contributed by atoms with Gasteiger partial charge in [0.2, 0.25) is 0 Å². The first-order valence-electron chi connectivity index (χ1n) is 11.5. The third-order valence-electron chi connectivity index (χ3n) is 5.53. The number of thiophene rings is 1. The van der Waals surface area contributed by atoms with E-state index < -0.39 is 5.91 Å². The maximum atomic E-state index is 13.4. The van der Waals surface area contributed by atoms with Crippen LogP contribution in [0.1, 0.15) is 21.7 Å². The van der Waals surface area contributed by atoms with Gasteiger partial charge >= 0.3 is 0 Å². The van der Waals surface area contributed by atoms with Crippen molar-refractivity contribution in [1.82, 2.24) is 4.90 Å². The second-order valence-corrected chi connectivity index (χ2v) is 10.2. The number of imide groups is 1.